The molecule has 3 aliphatic heterocycles. The number of hydrogen-bond acceptors (Lipinski definition) is 10. The van der Waals surface area contributed by atoms with Crippen LogP contribution >= 0.6 is 11.6 Å². The van der Waals surface area contributed by atoms with Crippen LogP contribution in [0.5, 0.6) is 0 Å². The summed E-state index contributed by atoms with van der Waals surface area (Å²) in [5.74, 6) is -2.03. The van der Waals surface area contributed by atoms with Gasteiger partial charge in [0.1, 0.15) is 17.7 Å². The molecule has 2 saturated carbocycles. The van der Waals surface area contributed by atoms with Crippen molar-refractivity contribution < 1.29 is 37.1 Å². The highest BCUT2D eigenvalue weighted by molar-refractivity contribution is 7.91. The summed E-state index contributed by atoms with van der Waals surface area (Å²) < 4.78 is 38.8. The molecular weight excluding hydrogens is 700 g/mol. The Labute approximate surface area is 302 Å². The van der Waals surface area contributed by atoms with Crippen LogP contribution in [0.3, 0.4) is 0 Å². The Bertz CT molecular complexity index is 1820. The molecule has 2 aliphatic carbocycles. The van der Waals surface area contributed by atoms with Gasteiger partial charge < -0.3 is 29.9 Å². The minimum atomic E-state index is -3.84. The number of amides is 4. The summed E-state index contributed by atoms with van der Waals surface area (Å²) in [7, 11) is -3.84. The van der Waals surface area contributed by atoms with E-state index in [2.05, 4.69) is 20.3 Å². The summed E-state index contributed by atoms with van der Waals surface area (Å²) in [6.45, 7) is 5.08. The molecule has 2 saturated heterocycles. The van der Waals surface area contributed by atoms with Crippen molar-refractivity contribution in [3.63, 3.8) is 0 Å². The van der Waals surface area contributed by atoms with E-state index in [-0.39, 0.29) is 38.4 Å². The lowest BCUT2D eigenvalue weighted by Gasteiger charge is -2.29. The van der Waals surface area contributed by atoms with Crippen molar-refractivity contribution >= 4 is 56.8 Å². The number of fused-ring (bicyclic) bond motifs is 1. The van der Waals surface area contributed by atoms with Crippen LogP contribution in [0.1, 0.15) is 50.2 Å². The zero-order valence-corrected chi connectivity index (χ0v) is 30.0. The summed E-state index contributed by atoms with van der Waals surface area (Å²) >= 11 is 6.35. The van der Waals surface area contributed by atoms with Gasteiger partial charge in [0.15, 0.2) is 0 Å². The number of benzene rings is 2. The molecule has 51 heavy (non-hydrogen) atoms. The van der Waals surface area contributed by atoms with Gasteiger partial charge in [-0.2, -0.15) is 0 Å². The SMILES string of the molecule is CCC1CC1(NC(=O)C1CC(OC(=O)N2Cc3cccc(Cl)c3C2)CN1C(=O)CNc1cccc(N2CCOCC2)c1)C(=O)NS(=O)(=O)C1CC1. The number of anilines is 2. The molecule has 2 aromatic carbocycles. The smallest absolute Gasteiger partial charge is 0.410 e. The Balaban J connectivity index is 1.05. The van der Waals surface area contributed by atoms with Gasteiger partial charge >= 0.3 is 6.09 Å². The molecule has 0 spiro atoms. The van der Waals surface area contributed by atoms with Crippen LogP contribution in [0.15, 0.2) is 42.5 Å². The first-order valence-corrected chi connectivity index (χ1v) is 19.5. The number of carbonyl (C=O) groups is 4. The molecule has 16 heteroatoms. The number of halogens is 1. The Kier molecular flexibility index (Phi) is 9.80. The molecular formula is C35H43ClN6O8S. The van der Waals surface area contributed by atoms with E-state index in [0.717, 1.165) is 35.6 Å². The molecule has 4 fully saturated rings. The molecule has 2 aromatic rings. The van der Waals surface area contributed by atoms with Crippen molar-refractivity contribution in [2.45, 2.75) is 75.1 Å². The fourth-order valence-electron chi connectivity index (χ4n) is 7.34. The van der Waals surface area contributed by atoms with Gasteiger partial charge in [-0.1, -0.05) is 43.1 Å². The molecule has 0 radical (unpaired) electrons. The number of ether oxygens (including phenoxy) is 2. The summed E-state index contributed by atoms with van der Waals surface area (Å²) in [5.41, 5.74) is 2.08. The van der Waals surface area contributed by atoms with Gasteiger partial charge in [0.25, 0.3) is 5.91 Å². The van der Waals surface area contributed by atoms with Crippen LogP contribution in [0.25, 0.3) is 0 Å². The third kappa shape index (κ3) is 7.47. The third-order valence-electron chi connectivity index (χ3n) is 10.6. The normalized spacial score (nSPS) is 25.6. The first kappa shape index (κ1) is 35.3. The highest BCUT2D eigenvalue weighted by Gasteiger charge is 2.62. The zero-order valence-electron chi connectivity index (χ0n) is 28.4. The molecule has 274 valence electrons. The first-order valence-electron chi connectivity index (χ1n) is 17.5. The molecule has 7 rings (SSSR count). The van der Waals surface area contributed by atoms with Crippen LogP contribution in [-0.4, -0.2) is 104 Å². The number of morpholine rings is 1. The average Bonchev–Trinajstić information content (AvgIpc) is 4.02. The van der Waals surface area contributed by atoms with Gasteiger partial charge in [-0.25, -0.2) is 13.2 Å². The number of likely N-dealkylation sites (tertiary alicyclic amines) is 1. The monoisotopic (exact) mass is 742 g/mol. The van der Waals surface area contributed by atoms with Crippen molar-refractivity contribution in [3.05, 3.63) is 58.6 Å². The Morgan fingerprint density at radius 2 is 1.82 bits per heavy atom. The number of carbonyl (C=O) groups excluding carboxylic acids is 4. The van der Waals surface area contributed by atoms with Gasteiger partial charge in [-0.15, -0.1) is 0 Å². The fraction of sp³-hybridized carbons (Fsp3) is 0.543. The molecule has 4 amide bonds. The van der Waals surface area contributed by atoms with Crippen LogP contribution in [0.4, 0.5) is 16.2 Å². The standard InChI is InChI=1S/C35H43ClN6O8S/c1-2-23-17-35(23,33(45)39-51(47,48)27-9-10-27)38-32(44)30-16-26(50-34(46)41-19-22-5-3-8-29(36)28(22)21-41)20-42(30)31(43)18-37-24-6-4-7-25(15-24)40-11-13-49-14-12-40/h3-8,15,23,26-27,30,37H,2,9-14,16-21H2,1H3,(H,38,44)(H,39,45). The summed E-state index contributed by atoms with van der Waals surface area (Å²) in [4.78, 5) is 59.7. The van der Waals surface area contributed by atoms with Crippen molar-refractivity contribution in [2.24, 2.45) is 5.92 Å². The molecule has 4 atom stereocenters. The average molecular weight is 743 g/mol. The summed E-state index contributed by atoms with van der Waals surface area (Å²) in [5, 5.41) is 5.96. The predicted octanol–water partition coefficient (Wildman–Crippen LogP) is 2.60. The van der Waals surface area contributed by atoms with Crippen molar-refractivity contribution in [1.82, 2.24) is 19.8 Å². The lowest BCUT2D eigenvalue weighted by molar-refractivity contribution is -0.138. The minimum absolute atomic E-state index is 0.00619. The maximum absolute atomic E-state index is 14.0. The van der Waals surface area contributed by atoms with E-state index < -0.39 is 56.8 Å². The molecule has 5 aliphatic rings. The van der Waals surface area contributed by atoms with E-state index in [4.69, 9.17) is 21.1 Å². The van der Waals surface area contributed by atoms with Crippen LogP contribution in [0.2, 0.25) is 5.02 Å². The van der Waals surface area contributed by atoms with Gasteiger partial charge in [-0.3, -0.25) is 24.0 Å². The van der Waals surface area contributed by atoms with Crippen molar-refractivity contribution in [1.29, 1.82) is 0 Å². The molecule has 14 nitrogen and oxygen atoms in total. The molecule has 0 bridgehead atoms. The quantitative estimate of drug-likeness (QED) is 0.312. The number of nitrogens with one attached hydrogen (secondary N) is 3. The van der Waals surface area contributed by atoms with Crippen molar-refractivity contribution in [3.8, 4) is 0 Å². The summed E-state index contributed by atoms with van der Waals surface area (Å²) in [6, 6.07) is 12.1. The van der Waals surface area contributed by atoms with Gasteiger partial charge in [-0.05, 0) is 60.6 Å². The van der Waals surface area contributed by atoms with Gasteiger partial charge in [0, 0.05) is 42.5 Å². The van der Waals surface area contributed by atoms with E-state index >= 15 is 0 Å². The molecule has 4 unspecified atom stereocenters. The lowest BCUT2D eigenvalue weighted by Crippen LogP contribution is -2.57. The zero-order chi connectivity index (χ0) is 35.9. The number of sulfonamides is 1. The number of nitrogens with zero attached hydrogens (tertiary/aromatic N) is 3. The Hall–Kier alpha value is -4.08. The number of hydrogen-bond donors (Lipinski definition) is 3. The first-order chi connectivity index (χ1) is 24.5. The van der Waals surface area contributed by atoms with Gasteiger partial charge in [0.05, 0.1) is 38.1 Å². The Morgan fingerprint density at radius 3 is 2.53 bits per heavy atom. The van der Waals surface area contributed by atoms with Crippen LogP contribution in [0, 0.1) is 5.92 Å². The maximum Gasteiger partial charge on any atom is 0.410 e. The van der Waals surface area contributed by atoms with E-state index in [0.29, 0.717) is 44.0 Å². The largest absolute Gasteiger partial charge is 0.444 e. The second-order valence-corrected chi connectivity index (χ2v) is 16.4. The second kappa shape index (κ2) is 14.2. The topological polar surface area (TPSA) is 167 Å². The van der Waals surface area contributed by atoms with E-state index in [1.54, 1.807) is 6.07 Å². The minimum Gasteiger partial charge on any atom is -0.444 e. The lowest BCUT2D eigenvalue weighted by atomic mass is 10.1. The third-order valence-corrected chi connectivity index (χ3v) is 12.7. The van der Waals surface area contributed by atoms with Gasteiger partial charge in [0.2, 0.25) is 21.8 Å². The highest BCUT2D eigenvalue weighted by Crippen LogP contribution is 2.47. The predicted molar refractivity (Wildman–Crippen MR) is 188 cm³/mol. The number of rotatable bonds is 11. The fourth-order valence-corrected chi connectivity index (χ4v) is 8.96. The van der Waals surface area contributed by atoms with E-state index in [1.165, 1.54) is 9.80 Å². The summed E-state index contributed by atoms with van der Waals surface area (Å²) in [6.07, 6.45) is 0.406. The van der Waals surface area contributed by atoms with Crippen LogP contribution < -0.4 is 20.3 Å². The van der Waals surface area contributed by atoms with E-state index in [1.807, 2.05) is 43.3 Å². The second-order valence-electron chi connectivity index (χ2n) is 14.0. The van der Waals surface area contributed by atoms with E-state index in [9.17, 15) is 27.6 Å². The highest BCUT2D eigenvalue weighted by atomic mass is 35.5. The van der Waals surface area contributed by atoms with Crippen LogP contribution in [-0.2, 0) is 47.0 Å². The molecule has 3 heterocycles. The van der Waals surface area contributed by atoms with Crippen molar-refractivity contribution in [2.75, 3.05) is 49.6 Å². The molecule has 3 N–H and O–H groups in total. The molecule has 0 aromatic heterocycles. The Morgan fingerprint density at radius 1 is 1.06 bits per heavy atom. The maximum atomic E-state index is 14.0.